The number of halogens is 1. The Bertz CT molecular complexity index is 659. The molecule has 0 aromatic heterocycles. The van der Waals surface area contributed by atoms with Crippen LogP contribution in [0.4, 0.5) is 0 Å². The van der Waals surface area contributed by atoms with Crippen molar-refractivity contribution < 1.29 is 14.3 Å². The van der Waals surface area contributed by atoms with E-state index < -0.39 is 0 Å². The van der Waals surface area contributed by atoms with E-state index in [0.717, 1.165) is 6.42 Å². The molecule has 2 rings (SSSR count). The van der Waals surface area contributed by atoms with Crippen molar-refractivity contribution in [1.29, 1.82) is 0 Å². The van der Waals surface area contributed by atoms with Gasteiger partial charge < -0.3 is 14.8 Å². The summed E-state index contributed by atoms with van der Waals surface area (Å²) in [6.07, 6.45) is 0.794. The molecular formula is C18H20BrNO3. The van der Waals surface area contributed by atoms with Gasteiger partial charge in [0, 0.05) is 12.1 Å². The Kier molecular flexibility index (Phi) is 6.47. The van der Waals surface area contributed by atoms with Crippen LogP contribution in [0.1, 0.15) is 22.8 Å². The number of methoxy groups -OCH3 is 1. The van der Waals surface area contributed by atoms with Crippen LogP contribution < -0.4 is 14.8 Å². The first-order chi connectivity index (χ1) is 11.2. The largest absolute Gasteiger partial charge is 0.493 e. The molecule has 0 radical (unpaired) electrons. The van der Waals surface area contributed by atoms with Crippen LogP contribution in [0.2, 0.25) is 0 Å². The van der Waals surface area contributed by atoms with Crippen LogP contribution >= 0.6 is 15.9 Å². The standard InChI is InChI=1S/C18H20BrNO3/c1-3-23-17-15(19)11-14(12-16(17)22-2)18(21)20-10-9-13-7-5-4-6-8-13/h4-8,11-12H,3,9-10H2,1-2H3,(H,20,21). The van der Waals surface area contributed by atoms with Gasteiger partial charge in [-0.25, -0.2) is 0 Å². The van der Waals surface area contributed by atoms with Crippen LogP contribution in [0.3, 0.4) is 0 Å². The Hall–Kier alpha value is -2.01. The number of amides is 1. The predicted molar refractivity (Wildman–Crippen MR) is 94.3 cm³/mol. The van der Waals surface area contributed by atoms with E-state index in [1.54, 1.807) is 19.2 Å². The smallest absolute Gasteiger partial charge is 0.251 e. The number of hydrogen-bond donors (Lipinski definition) is 1. The Balaban J connectivity index is 2.03. The molecule has 0 atom stereocenters. The maximum atomic E-state index is 12.3. The fourth-order valence-corrected chi connectivity index (χ4v) is 2.76. The highest BCUT2D eigenvalue weighted by molar-refractivity contribution is 9.10. The van der Waals surface area contributed by atoms with Gasteiger partial charge in [-0.2, -0.15) is 0 Å². The molecule has 0 saturated carbocycles. The molecule has 0 aliphatic heterocycles. The van der Waals surface area contributed by atoms with Gasteiger partial charge in [-0.15, -0.1) is 0 Å². The summed E-state index contributed by atoms with van der Waals surface area (Å²) in [5, 5.41) is 2.92. The minimum absolute atomic E-state index is 0.136. The Labute approximate surface area is 144 Å². The summed E-state index contributed by atoms with van der Waals surface area (Å²) in [5.74, 6) is 1.01. The number of nitrogens with one attached hydrogen (secondary N) is 1. The maximum absolute atomic E-state index is 12.3. The summed E-state index contributed by atoms with van der Waals surface area (Å²) >= 11 is 3.43. The van der Waals surface area contributed by atoms with Crippen LogP contribution in [-0.2, 0) is 6.42 Å². The highest BCUT2D eigenvalue weighted by Crippen LogP contribution is 2.36. The summed E-state index contributed by atoms with van der Waals surface area (Å²) < 4.78 is 11.5. The summed E-state index contributed by atoms with van der Waals surface area (Å²) in [6, 6.07) is 13.5. The van der Waals surface area contributed by atoms with Gasteiger partial charge in [0.05, 0.1) is 18.2 Å². The molecule has 5 heteroatoms. The van der Waals surface area contributed by atoms with Crippen LogP contribution in [0.25, 0.3) is 0 Å². The second kappa shape index (κ2) is 8.58. The third-order valence-corrected chi connectivity index (χ3v) is 3.91. The third-order valence-electron chi connectivity index (χ3n) is 3.32. The van der Waals surface area contributed by atoms with Gasteiger partial charge in [-0.3, -0.25) is 4.79 Å². The summed E-state index contributed by atoms with van der Waals surface area (Å²) in [4.78, 5) is 12.3. The molecule has 0 fully saturated rings. The first-order valence-corrected chi connectivity index (χ1v) is 8.27. The lowest BCUT2D eigenvalue weighted by Crippen LogP contribution is -2.25. The van der Waals surface area contributed by atoms with Crippen LogP contribution in [0.15, 0.2) is 46.9 Å². The molecule has 0 heterocycles. The summed E-state index contributed by atoms with van der Waals surface area (Å²) in [6.45, 7) is 3.00. The molecule has 1 N–H and O–H groups in total. The molecule has 0 saturated heterocycles. The van der Waals surface area contributed by atoms with Crippen molar-refractivity contribution in [3.05, 3.63) is 58.1 Å². The fraction of sp³-hybridized carbons (Fsp3) is 0.278. The first kappa shape index (κ1) is 17.3. The van der Waals surface area contributed by atoms with E-state index in [1.807, 2.05) is 37.3 Å². The summed E-state index contributed by atoms with van der Waals surface area (Å²) in [5.41, 5.74) is 1.73. The Morgan fingerprint density at radius 3 is 2.61 bits per heavy atom. The molecule has 4 nitrogen and oxygen atoms in total. The van der Waals surface area contributed by atoms with Crippen molar-refractivity contribution in [2.24, 2.45) is 0 Å². The Morgan fingerprint density at radius 2 is 1.96 bits per heavy atom. The SMILES string of the molecule is CCOc1c(Br)cc(C(=O)NCCc2ccccc2)cc1OC. The van der Waals surface area contributed by atoms with Crippen LogP contribution in [-0.4, -0.2) is 26.2 Å². The van der Waals surface area contributed by atoms with Gasteiger partial charge in [-0.1, -0.05) is 30.3 Å². The van der Waals surface area contributed by atoms with E-state index in [9.17, 15) is 4.79 Å². The zero-order chi connectivity index (χ0) is 16.7. The van der Waals surface area contributed by atoms with E-state index in [4.69, 9.17) is 9.47 Å². The topological polar surface area (TPSA) is 47.6 Å². The molecule has 0 bridgehead atoms. The van der Waals surface area contributed by atoms with Crippen molar-refractivity contribution in [3.8, 4) is 11.5 Å². The molecule has 0 spiro atoms. The van der Waals surface area contributed by atoms with Gasteiger partial charge in [0.25, 0.3) is 5.91 Å². The van der Waals surface area contributed by atoms with Gasteiger partial charge in [0.2, 0.25) is 0 Å². The van der Waals surface area contributed by atoms with E-state index in [2.05, 4.69) is 21.2 Å². The number of hydrogen-bond acceptors (Lipinski definition) is 3. The lowest BCUT2D eigenvalue weighted by atomic mass is 10.1. The minimum atomic E-state index is -0.136. The quantitative estimate of drug-likeness (QED) is 0.797. The average molecular weight is 378 g/mol. The number of carbonyl (C=O) groups is 1. The van der Waals surface area contributed by atoms with Gasteiger partial charge in [0.15, 0.2) is 11.5 Å². The monoisotopic (exact) mass is 377 g/mol. The van der Waals surface area contributed by atoms with Crippen molar-refractivity contribution in [1.82, 2.24) is 5.32 Å². The molecule has 1 amide bonds. The molecule has 0 aliphatic rings. The van der Waals surface area contributed by atoms with Crippen molar-refractivity contribution in [2.75, 3.05) is 20.3 Å². The normalized spacial score (nSPS) is 10.2. The highest BCUT2D eigenvalue weighted by atomic mass is 79.9. The second-order valence-corrected chi connectivity index (χ2v) is 5.77. The van der Waals surface area contributed by atoms with Crippen LogP contribution in [0.5, 0.6) is 11.5 Å². The van der Waals surface area contributed by atoms with Gasteiger partial charge in [0.1, 0.15) is 0 Å². The second-order valence-electron chi connectivity index (χ2n) is 4.91. The van der Waals surface area contributed by atoms with Crippen LogP contribution in [0, 0.1) is 0 Å². The lowest BCUT2D eigenvalue weighted by molar-refractivity contribution is 0.0953. The third kappa shape index (κ3) is 4.73. The minimum Gasteiger partial charge on any atom is -0.493 e. The lowest BCUT2D eigenvalue weighted by Gasteiger charge is -2.13. The summed E-state index contributed by atoms with van der Waals surface area (Å²) in [7, 11) is 1.56. The molecule has 0 aliphatic carbocycles. The number of benzene rings is 2. The number of ether oxygens (including phenoxy) is 2. The zero-order valence-corrected chi connectivity index (χ0v) is 14.9. The first-order valence-electron chi connectivity index (χ1n) is 7.48. The van der Waals surface area contributed by atoms with Crippen molar-refractivity contribution in [2.45, 2.75) is 13.3 Å². The molecule has 0 unspecified atom stereocenters. The zero-order valence-electron chi connectivity index (χ0n) is 13.3. The highest BCUT2D eigenvalue weighted by Gasteiger charge is 2.15. The van der Waals surface area contributed by atoms with Crippen molar-refractivity contribution >= 4 is 21.8 Å². The van der Waals surface area contributed by atoms with E-state index in [-0.39, 0.29) is 5.91 Å². The van der Waals surface area contributed by atoms with E-state index >= 15 is 0 Å². The molecule has 2 aromatic rings. The van der Waals surface area contributed by atoms with Gasteiger partial charge >= 0.3 is 0 Å². The van der Waals surface area contributed by atoms with Gasteiger partial charge in [-0.05, 0) is 47.0 Å². The predicted octanol–water partition coefficient (Wildman–Crippen LogP) is 3.83. The molecular weight excluding hydrogens is 358 g/mol. The average Bonchev–Trinajstić information content (AvgIpc) is 2.57. The molecule has 23 heavy (non-hydrogen) atoms. The number of rotatable bonds is 7. The Morgan fingerprint density at radius 1 is 1.22 bits per heavy atom. The molecule has 122 valence electrons. The number of carbonyl (C=O) groups excluding carboxylic acids is 1. The molecule has 2 aromatic carbocycles. The van der Waals surface area contributed by atoms with E-state index in [0.29, 0.717) is 34.7 Å². The fourth-order valence-electron chi connectivity index (χ4n) is 2.20. The maximum Gasteiger partial charge on any atom is 0.251 e. The van der Waals surface area contributed by atoms with Crippen molar-refractivity contribution in [3.63, 3.8) is 0 Å². The van der Waals surface area contributed by atoms with E-state index in [1.165, 1.54) is 5.56 Å².